The van der Waals surface area contributed by atoms with Crippen molar-refractivity contribution in [1.29, 1.82) is 0 Å². The second-order valence-electron chi connectivity index (χ2n) is 8.42. The molecule has 1 fully saturated rings. The zero-order valence-corrected chi connectivity index (χ0v) is 21.1. The van der Waals surface area contributed by atoms with Crippen molar-refractivity contribution in [2.45, 2.75) is 56.0 Å². The Balaban J connectivity index is 1.83. The third kappa shape index (κ3) is 6.01. The Labute approximate surface area is 202 Å². The average Bonchev–Trinajstić information content (AvgIpc) is 2.87. The summed E-state index contributed by atoms with van der Waals surface area (Å²) in [6.45, 7) is 1.62. The van der Waals surface area contributed by atoms with E-state index >= 15 is 0 Å². The number of hydrogen-bond acceptors (Lipinski definition) is 6. The molecule has 1 N–H and O–H groups in total. The molecule has 186 valence electrons. The number of nitrogens with zero attached hydrogens (tertiary/aromatic N) is 1. The molecule has 0 heterocycles. The molecule has 34 heavy (non-hydrogen) atoms. The summed E-state index contributed by atoms with van der Waals surface area (Å²) >= 11 is 0. The first-order valence-corrected chi connectivity index (χ1v) is 12.9. The van der Waals surface area contributed by atoms with Crippen molar-refractivity contribution in [2.24, 2.45) is 0 Å². The zero-order valence-electron chi connectivity index (χ0n) is 20.2. The Bertz CT molecular complexity index is 1070. The molecule has 1 saturated carbocycles. The van der Waals surface area contributed by atoms with Gasteiger partial charge in [-0.25, -0.2) is 8.42 Å². The minimum absolute atomic E-state index is 0.0757. The van der Waals surface area contributed by atoms with Crippen LogP contribution in [0.1, 0.15) is 50.6 Å². The van der Waals surface area contributed by atoms with Crippen LogP contribution >= 0.6 is 0 Å². The summed E-state index contributed by atoms with van der Waals surface area (Å²) in [4.78, 5) is 13.1. The minimum atomic E-state index is -3.94. The first-order chi connectivity index (χ1) is 16.3. The van der Waals surface area contributed by atoms with E-state index in [0.29, 0.717) is 11.5 Å². The maximum absolute atomic E-state index is 13.7. The number of sulfonamides is 1. The number of hydrogen-bond donors (Lipinski definition) is 1. The predicted molar refractivity (Wildman–Crippen MR) is 130 cm³/mol. The number of methoxy groups -OCH3 is 3. The number of nitrogens with one attached hydrogen (secondary N) is 1. The van der Waals surface area contributed by atoms with E-state index in [1.54, 1.807) is 13.2 Å². The normalized spacial score (nSPS) is 15.6. The smallest absolute Gasteiger partial charge is 0.243 e. The van der Waals surface area contributed by atoms with Crippen LogP contribution in [0, 0.1) is 0 Å². The van der Waals surface area contributed by atoms with Gasteiger partial charge in [-0.2, -0.15) is 4.31 Å². The second-order valence-corrected chi connectivity index (χ2v) is 10.3. The number of amides is 1. The summed E-state index contributed by atoms with van der Waals surface area (Å²) in [6, 6.07) is 11.4. The molecule has 0 aromatic heterocycles. The van der Waals surface area contributed by atoms with Crippen molar-refractivity contribution in [1.82, 2.24) is 9.62 Å². The van der Waals surface area contributed by atoms with Gasteiger partial charge in [0.1, 0.15) is 5.75 Å². The summed E-state index contributed by atoms with van der Waals surface area (Å²) in [6.07, 6.45) is 4.40. The van der Waals surface area contributed by atoms with Crippen molar-refractivity contribution in [3.8, 4) is 17.2 Å². The zero-order chi connectivity index (χ0) is 24.7. The Morgan fingerprint density at radius 1 is 0.971 bits per heavy atom. The molecule has 1 aliphatic rings. The molecule has 1 atom stereocenters. The molecule has 0 bridgehead atoms. The first kappa shape index (κ1) is 25.8. The summed E-state index contributed by atoms with van der Waals surface area (Å²) in [5.41, 5.74) is 0.904. The van der Waals surface area contributed by atoms with Gasteiger partial charge in [-0.1, -0.05) is 31.4 Å². The Morgan fingerprint density at radius 3 is 2.21 bits per heavy atom. The topological polar surface area (TPSA) is 94.2 Å². The molecular formula is C25H34N2O6S. The van der Waals surface area contributed by atoms with Crippen molar-refractivity contribution in [3.63, 3.8) is 0 Å². The molecule has 8 nitrogen and oxygen atoms in total. The molecule has 0 saturated heterocycles. The molecule has 3 rings (SSSR count). The van der Waals surface area contributed by atoms with E-state index in [4.69, 9.17) is 14.2 Å². The minimum Gasteiger partial charge on any atom is -0.497 e. The lowest BCUT2D eigenvalue weighted by atomic mass is 9.95. The highest BCUT2D eigenvalue weighted by molar-refractivity contribution is 7.89. The predicted octanol–water partition coefficient (Wildman–Crippen LogP) is 3.91. The third-order valence-corrected chi connectivity index (χ3v) is 8.13. The quantitative estimate of drug-likeness (QED) is 0.543. The van der Waals surface area contributed by atoms with Crippen LogP contribution in [0.5, 0.6) is 17.2 Å². The van der Waals surface area contributed by atoms with Gasteiger partial charge >= 0.3 is 0 Å². The summed E-state index contributed by atoms with van der Waals surface area (Å²) in [5.74, 6) is 1.14. The lowest BCUT2D eigenvalue weighted by Crippen LogP contribution is -2.47. The molecule has 9 heteroatoms. The molecule has 2 aromatic rings. The highest BCUT2D eigenvalue weighted by Gasteiger charge is 2.34. The van der Waals surface area contributed by atoms with Crippen molar-refractivity contribution >= 4 is 15.9 Å². The van der Waals surface area contributed by atoms with Gasteiger partial charge in [-0.05, 0) is 49.6 Å². The van der Waals surface area contributed by atoms with Crippen LogP contribution in [0.4, 0.5) is 0 Å². The van der Waals surface area contributed by atoms with Crippen LogP contribution in [-0.4, -0.2) is 52.5 Å². The maximum Gasteiger partial charge on any atom is 0.243 e. The monoisotopic (exact) mass is 490 g/mol. The maximum atomic E-state index is 13.7. The number of carbonyl (C=O) groups excluding carboxylic acids is 1. The van der Waals surface area contributed by atoms with E-state index in [9.17, 15) is 13.2 Å². The van der Waals surface area contributed by atoms with Gasteiger partial charge in [0.2, 0.25) is 15.9 Å². The Morgan fingerprint density at radius 2 is 1.62 bits per heavy atom. The number of carbonyl (C=O) groups is 1. The van der Waals surface area contributed by atoms with Crippen molar-refractivity contribution in [2.75, 3.05) is 27.9 Å². The van der Waals surface area contributed by atoms with E-state index in [-0.39, 0.29) is 29.4 Å². The highest BCUT2D eigenvalue weighted by Crippen LogP contribution is 2.33. The van der Waals surface area contributed by atoms with E-state index in [2.05, 4.69) is 5.32 Å². The second kappa shape index (κ2) is 11.6. The van der Waals surface area contributed by atoms with E-state index in [1.165, 1.54) is 30.7 Å². The van der Waals surface area contributed by atoms with Crippen LogP contribution < -0.4 is 19.5 Å². The van der Waals surface area contributed by atoms with Gasteiger partial charge in [0.15, 0.2) is 11.5 Å². The van der Waals surface area contributed by atoms with Crippen LogP contribution in [0.15, 0.2) is 47.4 Å². The van der Waals surface area contributed by atoms with Crippen molar-refractivity contribution in [3.05, 3.63) is 48.0 Å². The van der Waals surface area contributed by atoms with E-state index in [1.807, 2.05) is 31.2 Å². The summed E-state index contributed by atoms with van der Waals surface area (Å²) in [5, 5.41) is 2.94. The SMILES string of the molecule is COc1ccc(C(C)NC(=O)CN(C2CCCCC2)S(=O)(=O)c2ccc(OC)c(OC)c2)cc1. The molecule has 0 radical (unpaired) electrons. The fraction of sp³-hybridized carbons (Fsp3) is 0.480. The first-order valence-electron chi connectivity index (χ1n) is 11.5. The molecule has 2 aromatic carbocycles. The average molecular weight is 491 g/mol. The molecule has 1 amide bonds. The van der Waals surface area contributed by atoms with Crippen LogP contribution in [0.3, 0.4) is 0 Å². The van der Waals surface area contributed by atoms with Gasteiger partial charge in [-0.15, -0.1) is 0 Å². The van der Waals surface area contributed by atoms with E-state index < -0.39 is 10.0 Å². The van der Waals surface area contributed by atoms with E-state index in [0.717, 1.165) is 43.4 Å². The fourth-order valence-corrected chi connectivity index (χ4v) is 5.95. The largest absolute Gasteiger partial charge is 0.497 e. The van der Waals surface area contributed by atoms with Crippen LogP contribution in [0.25, 0.3) is 0 Å². The summed E-state index contributed by atoms with van der Waals surface area (Å²) in [7, 11) is 0.608. The van der Waals surface area contributed by atoms with Crippen LogP contribution in [-0.2, 0) is 14.8 Å². The standard InChI is InChI=1S/C25H34N2O6S/c1-18(19-10-12-21(31-2)13-11-19)26-25(28)17-27(20-8-6-5-7-9-20)34(29,30)22-14-15-23(32-3)24(16-22)33-4/h10-16,18,20H,5-9,17H2,1-4H3,(H,26,28). The Kier molecular flexibility index (Phi) is 8.79. The Hall–Kier alpha value is -2.78. The van der Waals surface area contributed by atoms with Gasteiger partial charge in [0.05, 0.1) is 38.8 Å². The molecular weight excluding hydrogens is 456 g/mol. The third-order valence-electron chi connectivity index (χ3n) is 6.24. The van der Waals surface area contributed by atoms with Gasteiger partial charge in [0, 0.05) is 12.1 Å². The molecule has 1 unspecified atom stereocenters. The number of benzene rings is 2. The number of ether oxygens (including phenoxy) is 3. The van der Waals surface area contributed by atoms with Crippen LogP contribution in [0.2, 0.25) is 0 Å². The lowest BCUT2D eigenvalue weighted by molar-refractivity contribution is -0.122. The van der Waals surface area contributed by atoms with Gasteiger partial charge in [0.25, 0.3) is 0 Å². The highest BCUT2D eigenvalue weighted by atomic mass is 32.2. The van der Waals surface area contributed by atoms with Crippen molar-refractivity contribution < 1.29 is 27.4 Å². The summed E-state index contributed by atoms with van der Waals surface area (Å²) < 4.78 is 44.5. The number of rotatable bonds is 10. The fourth-order valence-electron chi connectivity index (χ4n) is 4.30. The lowest BCUT2D eigenvalue weighted by Gasteiger charge is -2.33. The van der Waals surface area contributed by atoms with Gasteiger partial charge < -0.3 is 19.5 Å². The van der Waals surface area contributed by atoms with Gasteiger partial charge in [-0.3, -0.25) is 4.79 Å². The molecule has 0 spiro atoms. The molecule has 1 aliphatic carbocycles. The molecule has 0 aliphatic heterocycles.